The van der Waals surface area contributed by atoms with Gasteiger partial charge < -0.3 is 0 Å². The van der Waals surface area contributed by atoms with Crippen LogP contribution in [0.15, 0.2) is 79.0 Å². The second-order valence-corrected chi connectivity index (χ2v) is 9.78. The van der Waals surface area contributed by atoms with Crippen molar-refractivity contribution in [3.05, 3.63) is 90.4 Å². The van der Waals surface area contributed by atoms with E-state index in [0.29, 0.717) is 5.92 Å². The van der Waals surface area contributed by atoms with Gasteiger partial charge in [0, 0.05) is 27.2 Å². The topological polar surface area (TPSA) is 12.9 Å². The third kappa shape index (κ3) is 3.32. The molecule has 1 fully saturated rings. The summed E-state index contributed by atoms with van der Waals surface area (Å²) in [6, 6.07) is 24.6. The number of pyridine rings is 1. The van der Waals surface area contributed by atoms with Crippen LogP contribution in [0.4, 0.5) is 4.39 Å². The van der Waals surface area contributed by atoms with Crippen molar-refractivity contribution in [2.75, 3.05) is 0 Å². The number of halogens is 1. The molecule has 1 aliphatic carbocycles. The van der Waals surface area contributed by atoms with Crippen LogP contribution in [-0.2, 0) is 0 Å². The molecular weight excluding hydrogens is 413 g/mol. The zero-order valence-corrected chi connectivity index (χ0v) is 18.7. The molecule has 1 saturated carbocycles. The van der Waals surface area contributed by atoms with Crippen molar-refractivity contribution in [3.63, 3.8) is 0 Å². The molecule has 2 heterocycles. The van der Waals surface area contributed by atoms with E-state index in [-0.39, 0.29) is 5.82 Å². The Morgan fingerprint density at radius 1 is 0.781 bits per heavy atom. The molecule has 1 aliphatic rings. The van der Waals surface area contributed by atoms with Crippen molar-refractivity contribution in [1.29, 1.82) is 0 Å². The van der Waals surface area contributed by atoms with E-state index < -0.39 is 0 Å². The van der Waals surface area contributed by atoms with Gasteiger partial charge in [-0.15, -0.1) is 11.3 Å². The van der Waals surface area contributed by atoms with Crippen LogP contribution < -0.4 is 0 Å². The average Bonchev–Trinajstić information content (AvgIpc) is 3.26. The van der Waals surface area contributed by atoms with Crippen LogP contribution in [-0.4, -0.2) is 4.98 Å². The van der Waals surface area contributed by atoms with Crippen LogP contribution in [0, 0.1) is 5.82 Å². The molecule has 0 aliphatic heterocycles. The highest BCUT2D eigenvalue weighted by atomic mass is 32.1. The Balaban J connectivity index is 1.56. The third-order valence-electron chi connectivity index (χ3n) is 6.82. The Labute approximate surface area is 191 Å². The molecule has 32 heavy (non-hydrogen) atoms. The normalized spacial score (nSPS) is 14.9. The van der Waals surface area contributed by atoms with Crippen LogP contribution in [0.2, 0.25) is 0 Å². The molecule has 3 heteroatoms. The Morgan fingerprint density at radius 3 is 2.47 bits per heavy atom. The van der Waals surface area contributed by atoms with E-state index >= 15 is 0 Å². The third-order valence-corrected chi connectivity index (χ3v) is 8.07. The van der Waals surface area contributed by atoms with Gasteiger partial charge in [-0.1, -0.05) is 73.9 Å². The van der Waals surface area contributed by atoms with E-state index in [1.807, 2.05) is 30.5 Å². The molecule has 158 valence electrons. The molecule has 0 amide bonds. The number of benzene rings is 3. The molecule has 0 saturated heterocycles. The van der Waals surface area contributed by atoms with Crippen molar-refractivity contribution in [2.24, 2.45) is 0 Å². The summed E-state index contributed by atoms with van der Waals surface area (Å²) in [7, 11) is 0. The van der Waals surface area contributed by atoms with E-state index in [2.05, 4.69) is 42.5 Å². The molecular formula is C29H24FNS. The fourth-order valence-electron chi connectivity index (χ4n) is 5.21. The van der Waals surface area contributed by atoms with Gasteiger partial charge in [-0.2, -0.15) is 0 Å². The highest BCUT2D eigenvalue weighted by molar-refractivity contribution is 7.26. The van der Waals surface area contributed by atoms with Gasteiger partial charge in [0.15, 0.2) is 0 Å². The van der Waals surface area contributed by atoms with Gasteiger partial charge in [0.25, 0.3) is 0 Å². The van der Waals surface area contributed by atoms with Crippen molar-refractivity contribution >= 4 is 31.5 Å². The SMILES string of the molecule is Fc1ccc(-c2ccccc2)c2c1sc1c(-c3cc(C4CCCCC4)ccn3)cccc12. The molecule has 2 aromatic heterocycles. The van der Waals surface area contributed by atoms with Gasteiger partial charge in [0.05, 0.1) is 10.4 Å². The first-order chi connectivity index (χ1) is 15.8. The Morgan fingerprint density at radius 2 is 1.62 bits per heavy atom. The minimum absolute atomic E-state index is 0.157. The van der Waals surface area contributed by atoms with Crippen LogP contribution in [0.1, 0.15) is 43.6 Å². The highest BCUT2D eigenvalue weighted by Crippen LogP contribution is 2.45. The molecule has 5 aromatic rings. The Hall–Kier alpha value is -3.04. The standard InChI is InChI=1S/C29H24FNS/c30-25-15-14-22(20-10-5-2-6-11-20)27-24-13-7-12-23(28(24)32-29(25)27)26-18-21(16-17-31-26)19-8-3-1-4-9-19/h2,5-7,10-19H,1,3-4,8-9H2. The zero-order chi connectivity index (χ0) is 21.5. The van der Waals surface area contributed by atoms with Crippen molar-refractivity contribution < 1.29 is 4.39 Å². The molecule has 0 bridgehead atoms. The van der Waals surface area contributed by atoms with Crippen molar-refractivity contribution in [2.45, 2.75) is 38.0 Å². The number of thiophene rings is 1. The number of nitrogens with zero attached hydrogens (tertiary/aromatic N) is 1. The molecule has 1 nitrogen and oxygen atoms in total. The first-order valence-electron chi connectivity index (χ1n) is 11.4. The summed E-state index contributed by atoms with van der Waals surface area (Å²) in [4.78, 5) is 4.74. The number of aromatic nitrogens is 1. The predicted molar refractivity (Wildman–Crippen MR) is 134 cm³/mol. The monoisotopic (exact) mass is 437 g/mol. The molecule has 3 aromatic carbocycles. The van der Waals surface area contributed by atoms with E-state index in [4.69, 9.17) is 4.98 Å². The predicted octanol–water partition coefficient (Wildman–Crippen LogP) is 8.97. The summed E-state index contributed by atoms with van der Waals surface area (Å²) < 4.78 is 16.8. The van der Waals surface area contributed by atoms with Gasteiger partial charge in [-0.05, 0) is 53.6 Å². The number of hydrogen-bond acceptors (Lipinski definition) is 2. The van der Waals surface area contributed by atoms with E-state index in [9.17, 15) is 4.39 Å². The lowest BCUT2D eigenvalue weighted by Gasteiger charge is -2.22. The van der Waals surface area contributed by atoms with Gasteiger partial charge in [0.1, 0.15) is 5.82 Å². The second-order valence-electron chi connectivity index (χ2n) is 8.76. The maximum absolute atomic E-state index is 15.0. The van der Waals surface area contributed by atoms with Crippen LogP contribution in [0.3, 0.4) is 0 Å². The van der Waals surface area contributed by atoms with E-state index in [0.717, 1.165) is 42.6 Å². The van der Waals surface area contributed by atoms with Gasteiger partial charge in [-0.25, -0.2) is 4.39 Å². The van der Waals surface area contributed by atoms with Gasteiger partial charge in [-0.3, -0.25) is 4.98 Å². The molecule has 0 radical (unpaired) electrons. The minimum atomic E-state index is -0.157. The molecule has 0 unspecified atom stereocenters. The van der Waals surface area contributed by atoms with Crippen molar-refractivity contribution in [1.82, 2.24) is 4.98 Å². The molecule has 0 spiro atoms. The fraction of sp³-hybridized carbons (Fsp3) is 0.207. The largest absolute Gasteiger partial charge is 0.256 e. The van der Waals surface area contributed by atoms with Gasteiger partial charge in [0.2, 0.25) is 0 Å². The highest BCUT2D eigenvalue weighted by Gasteiger charge is 2.19. The maximum atomic E-state index is 15.0. The molecule has 0 N–H and O–H groups in total. The first kappa shape index (κ1) is 19.6. The quantitative estimate of drug-likeness (QED) is 0.274. The lowest BCUT2D eigenvalue weighted by molar-refractivity contribution is 0.443. The first-order valence-corrected chi connectivity index (χ1v) is 12.3. The summed E-state index contributed by atoms with van der Waals surface area (Å²) >= 11 is 1.55. The zero-order valence-electron chi connectivity index (χ0n) is 17.9. The summed E-state index contributed by atoms with van der Waals surface area (Å²) in [6.07, 6.45) is 8.46. The van der Waals surface area contributed by atoms with E-state index in [1.165, 1.54) is 37.7 Å². The minimum Gasteiger partial charge on any atom is -0.256 e. The van der Waals surface area contributed by atoms with Gasteiger partial charge >= 0.3 is 0 Å². The Bertz CT molecular complexity index is 1410. The maximum Gasteiger partial charge on any atom is 0.141 e. The van der Waals surface area contributed by atoms with E-state index in [1.54, 1.807) is 17.4 Å². The smallest absolute Gasteiger partial charge is 0.141 e. The van der Waals surface area contributed by atoms with Crippen molar-refractivity contribution in [3.8, 4) is 22.4 Å². The summed E-state index contributed by atoms with van der Waals surface area (Å²) in [5, 5.41) is 2.10. The lowest BCUT2D eigenvalue weighted by Crippen LogP contribution is -2.04. The Kier molecular flexibility index (Phi) is 4.99. The summed E-state index contributed by atoms with van der Waals surface area (Å²) in [5.74, 6) is 0.477. The van der Waals surface area contributed by atoms with Crippen LogP contribution in [0.25, 0.3) is 42.6 Å². The molecule has 6 rings (SSSR count). The fourth-order valence-corrected chi connectivity index (χ4v) is 6.47. The molecule has 0 atom stereocenters. The number of fused-ring (bicyclic) bond motifs is 3. The number of rotatable bonds is 3. The average molecular weight is 438 g/mol. The summed E-state index contributed by atoms with van der Waals surface area (Å²) in [5.41, 5.74) is 5.67. The van der Waals surface area contributed by atoms with Crippen LogP contribution in [0.5, 0.6) is 0 Å². The number of hydrogen-bond donors (Lipinski definition) is 0. The second kappa shape index (κ2) is 8.14. The summed E-state index contributed by atoms with van der Waals surface area (Å²) in [6.45, 7) is 0. The lowest BCUT2D eigenvalue weighted by atomic mass is 9.84. The van der Waals surface area contributed by atoms with Crippen LogP contribution >= 0.6 is 11.3 Å².